The first-order valence-electron chi connectivity index (χ1n) is 11.1. The standard InChI is InChI=1S/C25H32O8/c1-6-14(3)23(28)32-21-18(13-27)10-8-9-17(12-26)11-19-20(16(5)25(30)31-19)22(21)33-24(29)15(4)7-2/h6,10-11,13,15,19-22,26H,5,7-9,12H2,1-4H3/b14-6-,17-11-,18-10-/t15-,19-,20+,21+,22+/m1/s1. The molecule has 0 spiro atoms. The third-order valence-electron chi connectivity index (χ3n) is 6.08. The molecular formula is C25H32O8. The minimum atomic E-state index is -1.28. The summed E-state index contributed by atoms with van der Waals surface area (Å²) in [5, 5.41) is 9.74. The lowest BCUT2D eigenvalue weighted by atomic mass is 9.83. The van der Waals surface area contributed by atoms with Gasteiger partial charge in [-0.1, -0.05) is 32.6 Å². The highest BCUT2D eigenvalue weighted by atomic mass is 16.6. The van der Waals surface area contributed by atoms with Gasteiger partial charge in [-0.25, -0.2) is 9.59 Å². The summed E-state index contributed by atoms with van der Waals surface area (Å²) >= 11 is 0. The molecule has 1 aliphatic heterocycles. The van der Waals surface area contributed by atoms with Crippen molar-refractivity contribution in [3.05, 3.63) is 47.1 Å². The molecule has 0 aromatic rings. The van der Waals surface area contributed by atoms with E-state index in [-0.39, 0.29) is 17.8 Å². The molecule has 180 valence electrons. The molecule has 2 rings (SSSR count). The fraction of sp³-hybridized carbons (Fsp3) is 0.520. The predicted molar refractivity (Wildman–Crippen MR) is 120 cm³/mol. The van der Waals surface area contributed by atoms with Crippen LogP contribution in [0.25, 0.3) is 0 Å². The van der Waals surface area contributed by atoms with Gasteiger partial charge >= 0.3 is 17.9 Å². The fourth-order valence-corrected chi connectivity index (χ4v) is 3.62. The van der Waals surface area contributed by atoms with E-state index in [0.717, 1.165) is 0 Å². The Kier molecular flexibility index (Phi) is 9.34. The highest BCUT2D eigenvalue weighted by molar-refractivity contribution is 5.92. The van der Waals surface area contributed by atoms with Crippen molar-refractivity contribution in [2.45, 2.75) is 65.3 Å². The first-order chi connectivity index (χ1) is 15.7. The van der Waals surface area contributed by atoms with Crippen LogP contribution in [0.15, 0.2) is 47.1 Å². The Balaban J connectivity index is 2.67. The first kappa shape index (κ1) is 26.3. The Morgan fingerprint density at radius 2 is 2.06 bits per heavy atom. The average molecular weight is 461 g/mol. The number of carbonyl (C=O) groups excluding carboxylic acids is 4. The van der Waals surface area contributed by atoms with Crippen LogP contribution in [0.4, 0.5) is 0 Å². The van der Waals surface area contributed by atoms with Crippen molar-refractivity contribution in [2.75, 3.05) is 6.61 Å². The van der Waals surface area contributed by atoms with Gasteiger partial charge in [0.1, 0.15) is 12.4 Å². The van der Waals surface area contributed by atoms with Gasteiger partial charge in [0.25, 0.3) is 0 Å². The average Bonchev–Trinajstić information content (AvgIpc) is 3.09. The summed E-state index contributed by atoms with van der Waals surface area (Å²) in [6.45, 7) is 10.3. The van der Waals surface area contributed by atoms with Gasteiger partial charge in [-0.15, -0.1) is 0 Å². The number of aliphatic hydroxyl groups is 1. The van der Waals surface area contributed by atoms with E-state index in [1.54, 1.807) is 39.0 Å². The Labute approximate surface area is 194 Å². The molecule has 33 heavy (non-hydrogen) atoms. The number of hydrogen-bond acceptors (Lipinski definition) is 8. The van der Waals surface area contributed by atoms with E-state index in [1.165, 1.54) is 0 Å². The lowest BCUT2D eigenvalue weighted by Gasteiger charge is -2.33. The molecule has 0 aromatic heterocycles. The van der Waals surface area contributed by atoms with Crippen molar-refractivity contribution in [3.63, 3.8) is 0 Å². The minimum Gasteiger partial charge on any atom is -0.457 e. The van der Waals surface area contributed by atoms with Crippen molar-refractivity contribution in [1.29, 1.82) is 0 Å². The van der Waals surface area contributed by atoms with E-state index >= 15 is 0 Å². The van der Waals surface area contributed by atoms with Crippen molar-refractivity contribution in [3.8, 4) is 0 Å². The summed E-state index contributed by atoms with van der Waals surface area (Å²) in [6.07, 6.45) is 3.14. The maximum atomic E-state index is 12.8. The molecule has 1 aliphatic carbocycles. The second kappa shape index (κ2) is 11.7. The number of carbonyl (C=O) groups is 4. The van der Waals surface area contributed by atoms with Gasteiger partial charge in [-0.05, 0) is 44.8 Å². The SMILES string of the molecule is C=C1C(=O)O[C@@H]2/C=C(\CO)CC/C=C(/C=O)[C@H](OC(=O)/C(C)=C\C)[C@@H](OC(=O)[C@H](C)CC)[C@@H]12. The molecule has 0 saturated carbocycles. The Hall–Kier alpha value is -3.00. The molecule has 0 amide bonds. The van der Waals surface area contributed by atoms with Crippen molar-refractivity contribution in [2.24, 2.45) is 11.8 Å². The summed E-state index contributed by atoms with van der Waals surface area (Å²) in [5.74, 6) is -3.32. The maximum absolute atomic E-state index is 12.8. The van der Waals surface area contributed by atoms with E-state index in [0.29, 0.717) is 36.7 Å². The second-order valence-corrected chi connectivity index (χ2v) is 8.27. The largest absolute Gasteiger partial charge is 0.457 e. The summed E-state index contributed by atoms with van der Waals surface area (Å²) in [7, 11) is 0. The number of hydrogen-bond donors (Lipinski definition) is 1. The quantitative estimate of drug-likeness (QED) is 0.203. The monoisotopic (exact) mass is 460 g/mol. The molecule has 0 unspecified atom stereocenters. The zero-order chi connectivity index (χ0) is 24.7. The molecule has 1 fully saturated rings. The molecule has 1 saturated heterocycles. The molecule has 0 radical (unpaired) electrons. The van der Waals surface area contributed by atoms with Crippen molar-refractivity contribution in [1.82, 2.24) is 0 Å². The van der Waals surface area contributed by atoms with Gasteiger partial charge in [0.2, 0.25) is 0 Å². The number of rotatable bonds is 7. The molecule has 8 heteroatoms. The molecule has 0 bridgehead atoms. The molecule has 0 aromatic carbocycles. The van der Waals surface area contributed by atoms with Gasteiger partial charge < -0.3 is 19.3 Å². The van der Waals surface area contributed by atoms with Crippen LogP contribution in [-0.2, 0) is 33.4 Å². The molecule has 5 atom stereocenters. The molecule has 8 nitrogen and oxygen atoms in total. The van der Waals surface area contributed by atoms with Crippen LogP contribution in [0.2, 0.25) is 0 Å². The third kappa shape index (κ3) is 6.07. The summed E-state index contributed by atoms with van der Waals surface area (Å²) in [4.78, 5) is 50.0. The van der Waals surface area contributed by atoms with Crippen LogP contribution in [-0.4, -0.2) is 54.2 Å². The molecule has 1 heterocycles. The highest BCUT2D eigenvalue weighted by Gasteiger charge is 2.50. The van der Waals surface area contributed by atoms with E-state index in [9.17, 15) is 24.3 Å². The van der Waals surface area contributed by atoms with Crippen LogP contribution in [0.1, 0.15) is 47.0 Å². The van der Waals surface area contributed by atoms with E-state index in [1.807, 2.05) is 6.92 Å². The van der Waals surface area contributed by atoms with Crippen molar-refractivity contribution >= 4 is 24.2 Å². The third-order valence-corrected chi connectivity index (χ3v) is 6.08. The molecule has 1 N–H and O–H groups in total. The zero-order valence-electron chi connectivity index (χ0n) is 19.5. The number of allylic oxidation sites excluding steroid dienone is 2. The Bertz CT molecular complexity index is 894. The van der Waals surface area contributed by atoms with Gasteiger partial charge in [-0.3, -0.25) is 9.59 Å². The number of aliphatic hydroxyl groups excluding tert-OH is 1. The van der Waals surface area contributed by atoms with Crippen LogP contribution in [0.3, 0.4) is 0 Å². The van der Waals surface area contributed by atoms with Crippen LogP contribution in [0.5, 0.6) is 0 Å². The van der Waals surface area contributed by atoms with Crippen LogP contribution >= 0.6 is 0 Å². The van der Waals surface area contributed by atoms with E-state index < -0.39 is 48.1 Å². The number of aldehydes is 1. The maximum Gasteiger partial charge on any atom is 0.334 e. The molecular weight excluding hydrogens is 428 g/mol. The second-order valence-electron chi connectivity index (χ2n) is 8.27. The first-order valence-corrected chi connectivity index (χ1v) is 11.1. The van der Waals surface area contributed by atoms with Crippen LogP contribution in [0, 0.1) is 11.8 Å². The highest BCUT2D eigenvalue weighted by Crippen LogP contribution is 2.37. The topological polar surface area (TPSA) is 116 Å². The van der Waals surface area contributed by atoms with Gasteiger partial charge in [0.15, 0.2) is 12.2 Å². The summed E-state index contributed by atoms with van der Waals surface area (Å²) < 4.78 is 17.0. The van der Waals surface area contributed by atoms with Crippen molar-refractivity contribution < 1.29 is 38.5 Å². The van der Waals surface area contributed by atoms with E-state index in [2.05, 4.69) is 6.58 Å². The number of esters is 3. The normalized spacial score (nSPS) is 30.0. The lowest BCUT2D eigenvalue weighted by molar-refractivity contribution is -0.171. The fourth-order valence-electron chi connectivity index (χ4n) is 3.62. The van der Waals surface area contributed by atoms with Crippen LogP contribution < -0.4 is 0 Å². The van der Waals surface area contributed by atoms with Gasteiger partial charge in [0, 0.05) is 16.7 Å². The Morgan fingerprint density at radius 1 is 1.36 bits per heavy atom. The molecule has 2 aliphatic rings. The minimum absolute atomic E-state index is 0.0325. The van der Waals surface area contributed by atoms with Gasteiger partial charge in [-0.2, -0.15) is 0 Å². The van der Waals surface area contributed by atoms with E-state index in [4.69, 9.17) is 14.2 Å². The smallest absolute Gasteiger partial charge is 0.334 e. The number of ether oxygens (including phenoxy) is 3. The predicted octanol–water partition coefficient (Wildman–Crippen LogP) is 2.76. The summed E-state index contributed by atoms with van der Waals surface area (Å²) in [5.41, 5.74) is 1.03. The summed E-state index contributed by atoms with van der Waals surface area (Å²) in [6, 6.07) is 0. The zero-order valence-corrected chi connectivity index (χ0v) is 19.5. The Morgan fingerprint density at radius 3 is 2.64 bits per heavy atom. The lowest BCUT2D eigenvalue weighted by Crippen LogP contribution is -2.46. The number of fused-ring (bicyclic) bond motifs is 1. The van der Waals surface area contributed by atoms with Gasteiger partial charge in [0.05, 0.1) is 18.4 Å².